The molecule has 0 heterocycles. The first-order valence-corrected chi connectivity index (χ1v) is 7.55. The minimum Gasteiger partial charge on any atom is -0.380 e. The van der Waals surface area contributed by atoms with E-state index in [4.69, 9.17) is 11.6 Å². The Morgan fingerprint density at radius 2 is 1.95 bits per heavy atom. The second-order valence-corrected chi connectivity index (χ2v) is 6.25. The Balaban J connectivity index is 2.21. The van der Waals surface area contributed by atoms with Crippen molar-refractivity contribution in [2.45, 2.75) is 6.54 Å². The lowest BCUT2D eigenvalue weighted by Crippen LogP contribution is -2.06. The van der Waals surface area contributed by atoms with E-state index in [0.29, 0.717) is 5.02 Å². The fourth-order valence-electron chi connectivity index (χ4n) is 1.55. The maximum Gasteiger partial charge on any atom is 0.145 e. The van der Waals surface area contributed by atoms with E-state index in [1.54, 1.807) is 18.2 Å². The van der Waals surface area contributed by atoms with Gasteiger partial charge < -0.3 is 5.32 Å². The number of halogens is 5. The van der Waals surface area contributed by atoms with Crippen molar-refractivity contribution < 1.29 is 8.78 Å². The van der Waals surface area contributed by atoms with E-state index in [9.17, 15) is 8.78 Å². The molecular formula is C13H8BrClF2IN. The quantitative estimate of drug-likeness (QED) is 0.467. The highest BCUT2D eigenvalue weighted by Crippen LogP contribution is 2.25. The van der Waals surface area contributed by atoms with Gasteiger partial charge >= 0.3 is 0 Å². The van der Waals surface area contributed by atoms with Gasteiger partial charge in [-0.05, 0) is 68.9 Å². The summed E-state index contributed by atoms with van der Waals surface area (Å²) in [5.74, 6) is -1.16. The van der Waals surface area contributed by atoms with E-state index in [1.807, 2.05) is 0 Å². The molecule has 0 aromatic heterocycles. The Labute approximate surface area is 136 Å². The molecule has 0 amide bonds. The number of nitrogens with one attached hydrogen (secondary N) is 1. The van der Waals surface area contributed by atoms with Gasteiger partial charge in [0, 0.05) is 26.4 Å². The van der Waals surface area contributed by atoms with Crippen LogP contribution in [0.4, 0.5) is 14.5 Å². The summed E-state index contributed by atoms with van der Waals surface area (Å²) in [6.45, 7) is 0.0642. The minimum atomic E-state index is -0.587. The van der Waals surface area contributed by atoms with Gasteiger partial charge in [0.1, 0.15) is 11.6 Å². The van der Waals surface area contributed by atoms with Crippen molar-refractivity contribution in [2.24, 2.45) is 0 Å². The first kappa shape index (κ1) is 15.0. The molecule has 100 valence electrons. The van der Waals surface area contributed by atoms with E-state index in [-0.39, 0.29) is 16.6 Å². The fraction of sp³-hybridized carbons (Fsp3) is 0.0769. The van der Waals surface area contributed by atoms with E-state index >= 15 is 0 Å². The molecule has 19 heavy (non-hydrogen) atoms. The van der Waals surface area contributed by atoms with Crippen molar-refractivity contribution >= 4 is 55.8 Å². The molecular weight excluding hydrogens is 450 g/mol. The molecule has 0 aliphatic rings. The zero-order chi connectivity index (χ0) is 14.0. The second kappa shape index (κ2) is 6.37. The summed E-state index contributed by atoms with van der Waals surface area (Å²) < 4.78 is 28.5. The summed E-state index contributed by atoms with van der Waals surface area (Å²) in [4.78, 5) is 0. The van der Waals surface area contributed by atoms with Crippen LogP contribution in [0.5, 0.6) is 0 Å². The Morgan fingerprint density at radius 3 is 2.63 bits per heavy atom. The van der Waals surface area contributed by atoms with Crippen LogP contribution in [0.2, 0.25) is 5.02 Å². The zero-order valence-electron chi connectivity index (χ0n) is 9.48. The normalized spacial score (nSPS) is 10.6. The highest BCUT2D eigenvalue weighted by molar-refractivity contribution is 14.1. The molecule has 2 rings (SSSR count). The van der Waals surface area contributed by atoms with Gasteiger partial charge in [-0.1, -0.05) is 11.6 Å². The van der Waals surface area contributed by atoms with Crippen LogP contribution < -0.4 is 5.32 Å². The standard InChI is InChI=1S/C13H8BrClF2IN/c14-9-2-3-10(16)8(13(9)17)6-19-12-4-1-7(15)5-11(12)18/h1-5,19H,6H2. The number of anilines is 1. The molecule has 0 aliphatic heterocycles. The van der Waals surface area contributed by atoms with Crippen LogP contribution in [0, 0.1) is 15.2 Å². The van der Waals surface area contributed by atoms with Gasteiger partial charge in [-0.15, -0.1) is 0 Å². The van der Waals surface area contributed by atoms with Crippen LogP contribution in [-0.4, -0.2) is 0 Å². The number of rotatable bonds is 3. The molecule has 1 N–H and O–H groups in total. The van der Waals surface area contributed by atoms with Gasteiger partial charge in [-0.2, -0.15) is 0 Å². The second-order valence-electron chi connectivity index (χ2n) is 3.80. The van der Waals surface area contributed by atoms with Gasteiger partial charge in [-0.25, -0.2) is 8.78 Å². The average Bonchev–Trinajstić information content (AvgIpc) is 2.36. The van der Waals surface area contributed by atoms with Crippen molar-refractivity contribution in [1.29, 1.82) is 0 Å². The predicted octanol–water partition coefficient (Wildman–Crippen LogP) is 5.60. The molecule has 1 nitrogen and oxygen atoms in total. The van der Waals surface area contributed by atoms with Crippen LogP contribution in [0.3, 0.4) is 0 Å². The lowest BCUT2D eigenvalue weighted by atomic mass is 10.2. The van der Waals surface area contributed by atoms with Crippen LogP contribution >= 0.6 is 50.1 Å². The average molecular weight is 458 g/mol. The summed E-state index contributed by atoms with van der Waals surface area (Å²) in [5, 5.41) is 3.62. The Bertz CT molecular complexity index is 622. The van der Waals surface area contributed by atoms with Crippen LogP contribution in [0.1, 0.15) is 5.56 Å². The molecule has 0 spiro atoms. The molecule has 6 heteroatoms. The van der Waals surface area contributed by atoms with Crippen molar-refractivity contribution in [1.82, 2.24) is 0 Å². The third kappa shape index (κ3) is 3.58. The molecule has 2 aromatic carbocycles. The highest BCUT2D eigenvalue weighted by atomic mass is 127. The van der Waals surface area contributed by atoms with Crippen LogP contribution in [0.25, 0.3) is 0 Å². The third-order valence-electron chi connectivity index (χ3n) is 2.53. The molecule has 2 aromatic rings. The van der Waals surface area contributed by atoms with Crippen LogP contribution in [0.15, 0.2) is 34.8 Å². The molecule has 0 unspecified atom stereocenters. The minimum absolute atomic E-state index is 0.000116. The molecule has 0 fully saturated rings. The topological polar surface area (TPSA) is 12.0 Å². The smallest absolute Gasteiger partial charge is 0.145 e. The number of hydrogen-bond donors (Lipinski definition) is 1. The Kier molecular flexibility index (Phi) is 5.03. The molecule has 0 aliphatic carbocycles. The molecule has 0 atom stereocenters. The van der Waals surface area contributed by atoms with Gasteiger partial charge in [-0.3, -0.25) is 0 Å². The largest absolute Gasteiger partial charge is 0.380 e. The monoisotopic (exact) mass is 457 g/mol. The lowest BCUT2D eigenvalue weighted by Gasteiger charge is -2.11. The molecule has 0 saturated carbocycles. The van der Waals surface area contributed by atoms with Crippen molar-refractivity contribution in [3.05, 3.63) is 60.6 Å². The predicted molar refractivity (Wildman–Crippen MR) is 85.6 cm³/mol. The summed E-state index contributed by atoms with van der Waals surface area (Å²) >= 11 is 11.0. The van der Waals surface area contributed by atoms with Gasteiger partial charge in [0.2, 0.25) is 0 Å². The Morgan fingerprint density at radius 1 is 1.21 bits per heavy atom. The van der Waals surface area contributed by atoms with Crippen LogP contribution in [-0.2, 0) is 6.54 Å². The van der Waals surface area contributed by atoms with E-state index < -0.39 is 11.6 Å². The number of benzene rings is 2. The van der Waals surface area contributed by atoms with Crippen molar-refractivity contribution in [2.75, 3.05) is 5.32 Å². The van der Waals surface area contributed by atoms with Gasteiger partial charge in [0.25, 0.3) is 0 Å². The maximum atomic E-state index is 13.8. The van der Waals surface area contributed by atoms with E-state index in [2.05, 4.69) is 43.8 Å². The summed E-state index contributed by atoms with van der Waals surface area (Å²) in [7, 11) is 0. The fourth-order valence-corrected chi connectivity index (χ4v) is 2.98. The SMILES string of the molecule is Fc1ccc(Br)c(F)c1CNc1ccc(Cl)cc1I. The summed E-state index contributed by atoms with van der Waals surface area (Å²) in [5.41, 5.74) is 0.781. The first-order chi connectivity index (χ1) is 8.99. The molecule has 0 bridgehead atoms. The Hall–Kier alpha value is -0.400. The summed E-state index contributed by atoms with van der Waals surface area (Å²) in [6.07, 6.45) is 0. The first-order valence-electron chi connectivity index (χ1n) is 5.30. The lowest BCUT2D eigenvalue weighted by molar-refractivity contribution is 0.555. The van der Waals surface area contributed by atoms with E-state index in [1.165, 1.54) is 12.1 Å². The summed E-state index contributed by atoms with van der Waals surface area (Å²) in [6, 6.07) is 7.85. The maximum absolute atomic E-state index is 13.8. The van der Waals surface area contributed by atoms with Crippen molar-refractivity contribution in [3.63, 3.8) is 0 Å². The number of hydrogen-bond acceptors (Lipinski definition) is 1. The van der Waals surface area contributed by atoms with E-state index in [0.717, 1.165) is 9.26 Å². The van der Waals surface area contributed by atoms with Gasteiger partial charge in [0.15, 0.2) is 0 Å². The van der Waals surface area contributed by atoms with Crippen molar-refractivity contribution in [3.8, 4) is 0 Å². The molecule has 0 saturated heterocycles. The third-order valence-corrected chi connectivity index (χ3v) is 4.27. The zero-order valence-corrected chi connectivity index (χ0v) is 14.0. The van der Waals surface area contributed by atoms with Gasteiger partial charge in [0.05, 0.1) is 4.47 Å². The molecule has 0 radical (unpaired) electrons. The highest BCUT2D eigenvalue weighted by Gasteiger charge is 2.12.